The number of carbonyl (C=O) groups is 1. The molecule has 0 aliphatic heterocycles. The molecule has 2 aromatic carbocycles. The van der Waals surface area contributed by atoms with Crippen molar-refractivity contribution < 1.29 is 13.9 Å². The molecule has 0 N–H and O–H groups in total. The number of rotatable bonds is 1. The first kappa shape index (κ1) is 16.6. The normalized spacial score (nSPS) is 10.4. The molecule has 0 fully saturated rings. The fourth-order valence-electron chi connectivity index (χ4n) is 1.78. The van der Waals surface area contributed by atoms with E-state index in [1.54, 1.807) is 26.8 Å². The number of nitrogens with zero attached hydrogens (tertiary/aromatic N) is 1. The van der Waals surface area contributed by atoms with E-state index in [1.807, 2.05) is 30.3 Å². The molecule has 0 aliphatic carbocycles. The molecule has 0 heterocycles. The van der Waals surface area contributed by atoms with Gasteiger partial charge in [0.2, 0.25) is 0 Å². The molecular formula is C19H18FNO2. The average Bonchev–Trinajstić information content (AvgIpc) is 2.47. The third-order valence-electron chi connectivity index (χ3n) is 2.73. The lowest BCUT2D eigenvalue weighted by Gasteiger charge is -2.23. The van der Waals surface area contributed by atoms with E-state index < -0.39 is 17.5 Å². The number of benzene rings is 2. The number of hydrogen-bond donors (Lipinski definition) is 0. The predicted octanol–water partition coefficient (Wildman–Crippen LogP) is 4.58. The van der Waals surface area contributed by atoms with Gasteiger partial charge in [0, 0.05) is 11.6 Å². The molecule has 0 aliphatic rings. The molecule has 2 rings (SSSR count). The number of halogens is 1. The van der Waals surface area contributed by atoms with Gasteiger partial charge in [-0.3, -0.25) is 0 Å². The van der Waals surface area contributed by atoms with Crippen LogP contribution < -0.4 is 4.90 Å². The van der Waals surface area contributed by atoms with Crippen molar-refractivity contribution >= 4 is 11.8 Å². The Labute approximate surface area is 135 Å². The summed E-state index contributed by atoms with van der Waals surface area (Å²) in [4.78, 5) is 13.5. The van der Waals surface area contributed by atoms with Crippen LogP contribution in [-0.4, -0.2) is 11.7 Å². The second-order valence-corrected chi connectivity index (χ2v) is 5.90. The van der Waals surface area contributed by atoms with E-state index in [9.17, 15) is 9.18 Å². The molecule has 4 heteroatoms. The highest BCUT2D eigenvalue weighted by atomic mass is 19.1. The van der Waals surface area contributed by atoms with Gasteiger partial charge in [-0.1, -0.05) is 24.3 Å². The van der Waals surface area contributed by atoms with Gasteiger partial charge in [0.05, 0.1) is 5.69 Å². The number of ether oxygens (including phenoxy) is 1. The Morgan fingerprint density at radius 3 is 2.39 bits per heavy atom. The minimum absolute atomic E-state index is 0.322. The average molecular weight is 311 g/mol. The molecule has 0 radical (unpaired) electrons. The predicted molar refractivity (Wildman–Crippen MR) is 88.4 cm³/mol. The Morgan fingerprint density at radius 1 is 1.09 bits per heavy atom. The summed E-state index contributed by atoms with van der Waals surface area (Å²) in [5.41, 5.74) is 0.400. The summed E-state index contributed by atoms with van der Waals surface area (Å²) in [6.07, 6.45) is -0.647. The summed E-state index contributed by atoms with van der Waals surface area (Å²) in [7, 11) is 0. The van der Waals surface area contributed by atoms with Crippen LogP contribution in [0.1, 0.15) is 26.3 Å². The molecule has 118 valence electrons. The van der Waals surface area contributed by atoms with Crippen molar-refractivity contribution in [1.82, 2.24) is 0 Å². The third-order valence-corrected chi connectivity index (χ3v) is 2.73. The van der Waals surface area contributed by atoms with Crippen LogP contribution in [0.2, 0.25) is 0 Å². The molecule has 0 unspecified atom stereocenters. The molecule has 2 aromatic rings. The molecular weight excluding hydrogens is 293 g/mol. The third kappa shape index (κ3) is 5.15. The van der Waals surface area contributed by atoms with Gasteiger partial charge in [-0.25, -0.2) is 14.1 Å². The minimum Gasteiger partial charge on any atom is -0.443 e. The first-order valence-electron chi connectivity index (χ1n) is 7.20. The molecule has 3 nitrogen and oxygen atoms in total. The van der Waals surface area contributed by atoms with E-state index in [0.717, 1.165) is 10.5 Å². The molecule has 1 amide bonds. The zero-order valence-corrected chi connectivity index (χ0v) is 13.3. The van der Waals surface area contributed by atoms with Gasteiger partial charge in [0.1, 0.15) is 11.4 Å². The van der Waals surface area contributed by atoms with Crippen molar-refractivity contribution in [3.63, 3.8) is 0 Å². The highest BCUT2D eigenvalue weighted by molar-refractivity contribution is 5.91. The van der Waals surface area contributed by atoms with Gasteiger partial charge in [0.25, 0.3) is 0 Å². The monoisotopic (exact) mass is 311 g/mol. The highest BCUT2D eigenvalue weighted by Gasteiger charge is 2.22. The second-order valence-electron chi connectivity index (χ2n) is 5.90. The van der Waals surface area contributed by atoms with Gasteiger partial charge in [-0.05, 0) is 57.0 Å². The van der Waals surface area contributed by atoms with E-state index in [4.69, 9.17) is 4.74 Å². The van der Waals surface area contributed by atoms with Crippen molar-refractivity contribution in [2.24, 2.45) is 0 Å². The molecule has 0 saturated carbocycles. The fraction of sp³-hybridized carbons (Fsp3) is 0.211. The lowest BCUT2D eigenvalue weighted by molar-refractivity contribution is 0.0600. The van der Waals surface area contributed by atoms with Crippen molar-refractivity contribution in [1.29, 1.82) is 0 Å². The quantitative estimate of drug-likeness (QED) is 0.570. The van der Waals surface area contributed by atoms with E-state index in [2.05, 4.69) is 12.0 Å². The zero-order chi connectivity index (χ0) is 16.9. The Bertz CT molecular complexity index is 739. The Morgan fingerprint density at radius 2 is 1.78 bits per heavy atom. The van der Waals surface area contributed by atoms with E-state index >= 15 is 0 Å². The van der Waals surface area contributed by atoms with Crippen LogP contribution in [0.15, 0.2) is 54.6 Å². The Kier molecular flexibility index (Phi) is 5.02. The van der Waals surface area contributed by atoms with Crippen LogP contribution in [0.25, 0.3) is 0 Å². The lowest BCUT2D eigenvalue weighted by atomic mass is 10.2. The van der Waals surface area contributed by atoms with Crippen LogP contribution in [0, 0.1) is 17.8 Å². The maximum absolute atomic E-state index is 13.5. The number of carbonyl (C=O) groups excluding carboxylic acids is 1. The molecule has 0 bridgehead atoms. The van der Waals surface area contributed by atoms with E-state index in [1.165, 1.54) is 18.2 Å². The van der Waals surface area contributed by atoms with Crippen LogP contribution >= 0.6 is 0 Å². The SMILES string of the molecule is CC(C)(C)OC(=O)N(C#Cc1ccccc1)c1cccc(F)c1. The van der Waals surface area contributed by atoms with Crippen molar-refractivity contribution in [2.45, 2.75) is 26.4 Å². The van der Waals surface area contributed by atoms with Crippen molar-refractivity contribution in [3.8, 4) is 12.0 Å². The van der Waals surface area contributed by atoms with E-state index in [0.29, 0.717) is 5.69 Å². The van der Waals surface area contributed by atoms with E-state index in [-0.39, 0.29) is 0 Å². The topological polar surface area (TPSA) is 29.5 Å². The highest BCUT2D eigenvalue weighted by Crippen LogP contribution is 2.18. The van der Waals surface area contributed by atoms with Gasteiger partial charge >= 0.3 is 6.09 Å². The summed E-state index contributed by atoms with van der Waals surface area (Å²) < 4.78 is 18.8. The zero-order valence-electron chi connectivity index (χ0n) is 13.3. The largest absolute Gasteiger partial charge is 0.443 e. The first-order valence-corrected chi connectivity index (χ1v) is 7.20. The molecule has 0 spiro atoms. The second kappa shape index (κ2) is 6.97. The Balaban J connectivity index is 2.36. The van der Waals surface area contributed by atoms with Crippen LogP contribution in [0.3, 0.4) is 0 Å². The van der Waals surface area contributed by atoms with Gasteiger partial charge in [0.15, 0.2) is 0 Å². The standard InChI is InChI=1S/C19H18FNO2/c1-19(2,3)23-18(22)21(17-11-7-10-16(20)14-17)13-12-15-8-5-4-6-9-15/h4-11,14H,1-3H3. The van der Waals surface area contributed by atoms with Gasteiger partial charge in [-0.2, -0.15) is 0 Å². The minimum atomic E-state index is -0.670. The maximum Gasteiger partial charge on any atom is 0.426 e. The maximum atomic E-state index is 13.5. The smallest absolute Gasteiger partial charge is 0.426 e. The number of amides is 1. The van der Waals surface area contributed by atoms with Crippen LogP contribution in [0.4, 0.5) is 14.9 Å². The molecule has 0 atom stereocenters. The van der Waals surface area contributed by atoms with Crippen molar-refractivity contribution in [2.75, 3.05) is 4.90 Å². The van der Waals surface area contributed by atoms with Crippen LogP contribution in [-0.2, 0) is 4.74 Å². The summed E-state index contributed by atoms with van der Waals surface area (Å²) in [5.74, 6) is 2.44. The van der Waals surface area contributed by atoms with Crippen LogP contribution in [0.5, 0.6) is 0 Å². The lowest BCUT2D eigenvalue weighted by Crippen LogP contribution is -2.34. The molecule has 23 heavy (non-hydrogen) atoms. The molecule has 0 saturated heterocycles. The van der Waals surface area contributed by atoms with Gasteiger partial charge < -0.3 is 4.74 Å². The van der Waals surface area contributed by atoms with Crippen molar-refractivity contribution in [3.05, 3.63) is 66.0 Å². The van der Waals surface area contributed by atoms with Gasteiger partial charge in [-0.15, -0.1) is 0 Å². The molecule has 0 aromatic heterocycles. The number of anilines is 1. The number of hydrogen-bond acceptors (Lipinski definition) is 2. The summed E-state index contributed by atoms with van der Waals surface area (Å²) in [6, 6.07) is 17.6. The summed E-state index contributed by atoms with van der Waals surface area (Å²) >= 11 is 0. The fourth-order valence-corrected chi connectivity index (χ4v) is 1.78. The first-order chi connectivity index (χ1) is 10.8. The summed E-state index contributed by atoms with van der Waals surface area (Å²) in [5, 5.41) is 0. The Hall–Kier alpha value is -2.80. The summed E-state index contributed by atoms with van der Waals surface area (Å²) in [6.45, 7) is 5.29.